The molecule has 1 N–H and O–H groups in total. The highest BCUT2D eigenvalue weighted by Crippen LogP contribution is 2.23. The second-order valence-corrected chi connectivity index (χ2v) is 5.13. The number of para-hydroxylation sites is 1. The van der Waals surface area contributed by atoms with Crippen molar-refractivity contribution >= 4 is 22.8 Å². The molecule has 6 nitrogen and oxygen atoms in total. The number of carbonyl (C=O) groups excluding carboxylic acids is 1. The molecule has 3 rings (SSSR count). The van der Waals surface area contributed by atoms with E-state index in [2.05, 4.69) is 0 Å². The third-order valence-corrected chi connectivity index (χ3v) is 3.53. The van der Waals surface area contributed by atoms with Crippen molar-refractivity contribution in [2.24, 2.45) is 0 Å². The van der Waals surface area contributed by atoms with Gasteiger partial charge in [0.25, 0.3) is 5.91 Å². The zero-order valence-corrected chi connectivity index (χ0v) is 11.5. The molecule has 2 atom stereocenters. The fraction of sp³-hybridized carbons (Fsp3) is 0.333. The summed E-state index contributed by atoms with van der Waals surface area (Å²) in [6.07, 6.45) is 0.112. The van der Waals surface area contributed by atoms with Crippen molar-refractivity contribution in [1.82, 2.24) is 4.90 Å². The third-order valence-electron chi connectivity index (χ3n) is 3.53. The number of furan rings is 1. The Morgan fingerprint density at radius 2 is 2.05 bits per heavy atom. The third kappa shape index (κ3) is 2.50. The van der Waals surface area contributed by atoms with E-state index in [1.807, 2.05) is 18.2 Å². The Labute approximate surface area is 120 Å². The van der Waals surface area contributed by atoms with Crippen molar-refractivity contribution in [3.05, 3.63) is 36.1 Å². The molecule has 0 aliphatic carbocycles. The van der Waals surface area contributed by atoms with Gasteiger partial charge in [0, 0.05) is 11.9 Å². The first-order valence-corrected chi connectivity index (χ1v) is 6.70. The van der Waals surface area contributed by atoms with Crippen LogP contribution in [0.2, 0.25) is 0 Å². The Balaban J connectivity index is 1.89. The van der Waals surface area contributed by atoms with Gasteiger partial charge in [0.05, 0.1) is 18.2 Å². The van der Waals surface area contributed by atoms with Gasteiger partial charge in [-0.15, -0.1) is 0 Å². The first-order valence-electron chi connectivity index (χ1n) is 6.70. The molecule has 1 unspecified atom stereocenters. The van der Waals surface area contributed by atoms with Crippen molar-refractivity contribution in [3.8, 4) is 0 Å². The highest BCUT2D eigenvalue weighted by atomic mass is 16.5. The van der Waals surface area contributed by atoms with Crippen LogP contribution < -0.4 is 0 Å². The van der Waals surface area contributed by atoms with E-state index in [-0.39, 0.29) is 18.6 Å². The SMILES string of the molecule is C[C@@H]1CN(C(=O)c2coc3ccccc23)CC(C(=O)O)O1. The van der Waals surface area contributed by atoms with Crippen LogP contribution in [0.1, 0.15) is 17.3 Å². The van der Waals surface area contributed by atoms with Gasteiger partial charge in [-0.25, -0.2) is 4.79 Å². The lowest BCUT2D eigenvalue weighted by atomic mass is 10.1. The molecule has 1 saturated heterocycles. The Hall–Kier alpha value is -2.34. The molecule has 2 aromatic rings. The zero-order chi connectivity index (χ0) is 15.0. The number of ether oxygens (including phenoxy) is 1. The lowest BCUT2D eigenvalue weighted by molar-refractivity contribution is -0.160. The van der Waals surface area contributed by atoms with E-state index in [1.54, 1.807) is 13.0 Å². The van der Waals surface area contributed by atoms with Crippen LogP contribution in [0, 0.1) is 0 Å². The largest absolute Gasteiger partial charge is 0.479 e. The van der Waals surface area contributed by atoms with Crippen LogP contribution in [0.25, 0.3) is 11.0 Å². The van der Waals surface area contributed by atoms with Gasteiger partial charge < -0.3 is 19.2 Å². The maximum atomic E-state index is 12.6. The topological polar surface area (TPSA) is 80.0 Å². The summed E-state index contributed by atoms with van der Waals surface area (Å²) in [5.74, 6) is -1.29. The predicted molar refractivity (Wildman–Crippen MR) is 74.1 cm³/mol. The lowest BCUT2D eigenvalue weighted by Gasteiger charge is -2.34. The summed E-state index contributed by atoms with van der Waals surface area (Å²) >= 11 is 0. The molecule has 1 aromatic heterocycles. The number of carbonyl (C=O) groups is 2. The van der Waals surface area contributed by atoms with Gasteiger partial charge in [0.1, 0.15) is 11.8 Å². The molecular formula is C15H15NO5. The molecule has 0 spiro atoms. The number of hydrogen-bond acceptors (Lipinski definition) is 4. The summed E-state index contributed by atoms with van der Waals surface area (Å²) in [5, 5.41) is 9.81. The quantitative estimate of drug-likeness (QED) is 0.911. The molecule has 0 radical (unpaired) electrons. The maximum absolute atomic E-state index is 12.6. The molecule has 6 heteroatoms. The minimum Gasteiger partial charge on any atom is -0.479 e. The highest BCUT2D eigenvalue weighted by Gasteiger charge is 2.33. The van der Waals surface area contributed by atoms with E-state index in [9.17, 15) is 9.59 Å². The molecule has 110 valence electrons. The van der Waals surface area contributed by atoms with Gasteiger partial charge in [0.2, 0.25) is 0 Å². The summed E-state index contributed by atoms with van der Waals surface area (Å²) in [6, 6.07) is 7.26. The number of rotatable bonds is 2. The van der Waals surface area contributed by atoms with E-state index in [0.29, 0.717) is 17.7 Å². The molecule has 2 heterocycles. The van der Waals surface area contributed by atoms with Gasteiger partial charge >= 0.3 is 5.97 Å². The van der Waals surface area contributed by atoms with Crippen LogP contribution in [-0.4, -0.2) is 47.2 Å². The Kier molecular flexibility index (Phi) is 3.39. The monoisotopic (exact) mass is 289 g/mol. The molecule has 0 bridgehead atoms. The van der Waals surface area contributed by atoms with Crippen LogP contribution in [0.15, 0.2) is 34.9 Å². The van der Waals surface area contributed by atoms with Gasteiger partial charge in [-0.3, -0.25) is 4.79 Å². The number of morpholine rings is 1. The van der Waals surface area contributed by atoms with Crippen molar-refractivity contribution in [2.75, 3.05) is 13.1 Å². The standard InChI is InChI=1S/C15H15NO5/c1-9-6-16(7-13(21-9)15(18)19)14(17)11-8-20-12-5-3-2-4-10(11)12/h2-5,8-9,13H,6-7H2,1H3,(H,18,19)/t9-,13?/m1/s1. The van der Waals surface area contributed by atoms with Crippen molar-refractivity contribution in [2.45, 2.75) is 19.1 Å². The minimum atomic E-state index is -1.06. The molecule has 1 aliphatic rings. The van der Waals surface area contributed by atoms with E-state index < -0.39 is 12.1 Å². The number of benzene rings is 1. The molecule has 1 fully saturated rings. The van der Waals surface area contributed by atoms with Gasteiger partial charge in [-0.2, -0.15) is 0 Å². The Bertz CT molecular complexity index is 692. The second-order valence-electron chi connectivity index (χ2n) is 5.13. The second kappa shape index (κ2) is 5.21. The molecule has 21 heavy (non-hydrogen) atoms. The summed E-state index contributed by atoms with van der Waals surface area (Å²) < 4.78 is 10.7. The average molecular weight is 289 g/mol. The van der Waals surface area contributed by atoms with Gasteiger partial charge in [-0.05, 0) is 13.0 Å². The fourth-order valence-corrected chi connectivity index (χ4v) is 2.57. The van der Waals surface area contributed by atoms with Gasteiger partial charge in [-0.1, -0.05) is 18.2 Å². The van der Waals surface area contributed by atoms with E-state index >= 15 is 0 Å². The highest BCUT2D eigenvalue weighted by molar-refractivity contribution is 6.06. The fourth-order valence-electron chi connectivity index (χ4n) is 2.57. The van der Waals surface area contributed by atoms with Gasteiger partial charge in [0.15, 0.2) is 6.10 Å². The Morgan fingerprint density at radius 3 is 2.81 bits per heavy atom. The predicted octanol–water partition coefficient (Wildman–Crippen LogP) is 1.75. The number of carboxylic acids is 1. The molecule has 0 saturated carbocycles. The normalized spacial score (nSPS) is 22.4. The maximum Gasteiger partial charge on any atom is 0.334 e. The first-order chi connectivity index (χ1) is 10.1. The number of fused-ring (bicyclic) bond motifs is 1. The minimum absolute atomic E-state index is 0.0397. The number of hydrogen-bond donors (Lipinski definition) is 1. The van der Waals surface area contributed by atoms with E-state index in [0.717, 1.165) is 5.39 Å². The van der Waals surface area contributed by atoms with Crippen LogP contribution in [-0.2, 0) is 9.53 Å². The van der Waals surface area contributed by atoms with Crippen LogP contribution in [0.4, 0.5) is 0 Å². The summed E-state index contributed by atoms with van der Waals surface area (Å²) in [7, 11) is 0. The molecule has 1 aliphatic heterocycles. The lowest BCUT2D eigenvalue weighted by Crippen LogP contribution is -2.51. The smallest absolute Gasteiger partial charge is 0.334 e. The molecule has 1 amide bonds. The summed E-state index contributed by atoms with van der Waals surface area (Å²) in [4.78, 5) is 25.2. The van der Waals surface area contributed by atoms with E-state index in [4.69, 9.17) is 14.3 Å². The summed E-state index contributed by atoms with van der Waals surface area (Å²) in [6.45, 7) is 2.16. The Morgan fingerprint density at radius 1 is 1.29 bits per heavy atom. The van der Waals surface area contributed by atoms with Crippen molar-refractivity contribution < 1.29 is 23.8 Å². The zero-order valence-electron chi connectivity index (χ0n) is 11.5. The number of carboxylic acid groups (broad SMARTS) is 1. The van der Waals surface area contributed by atoms with Crippen LogP contribution in [0.5, 0.6) is 0 Å². The van der Waals surface area contributed by atoms with Crippen molar-refractivity contribution in [3.63, 3.8) is 0 Å². The number of aliphatic carboxylic acids is 1. The molecule has 1 aromatic carbocycles. The van der Waals surface area contributed by atoms with Crippen LogP contribution >= 0.6 is 0 Å². The number of nitrogens with zero attached hydrogens (tertiary/aromatic N) is 1. The van der Waals surface area contributed by atoms with Crippen molar-refractivity contribution in [1.29, 1.82) is 0 Å². The summed E-state index contributed by atoms with van der Waals surface area (Å²) in [5.41, 5.74) is 1.08. The first kappa shape index (κ1) is 13.6. The average Bonchev–Trinajstić information content (AvgIpc) is 2.89. The van der Waals surface area contributed by atoms with E-state index in [1.165, 1.54) is 11.2 Å². The van der Waals surface area contributed by atoms with Crippen LogP contribution in [0.3, 0.4) is 0 Å². The molecular weight excluding hydrogens is 274 g/mol. The number of amides is 1.